The fourth-order valence-corrected chi connectivity index (χ4v) is 2.78. The molecule has 0 saturated heterocycles. The molecular formula is C14H12N4O2S. The summed E-state index contributed by atoms with van der Waals surface area (Å²) >= 11 is 1.64. The minimum Gasteiger partial charge on any atom is -0.476 e. The average molecular weight is 300 g/mol. The summed E-state index contributed by atoms with van der Waals surface area (Å²) < 4.78 is 1.64. The minimum absolute atomic E-state index is 0.0356. The summed E-state index contributed by atoms with van der Waals surface area (Å²) in [6.45, 7) is 0.578. The summed E-state index contributed by atoms with van der Waals surface area (Å²) in [6.07, 6.45) is 4.03. The lowest BCUT2D eigenvalue weighted by Crippen LogP contribution is -2.07. The molecule has 0 atom stereocenters. The van der Waals surface area contributed by atoms with Crippen LogP contribution in [0.25, 0.3) is 11.3 Å². The second kappa shape index (κ2) is 5.84. The van der Waals surface area contributed by atoms with Gasteiger partial charge in [0.15, 0.2) is 5.69 Å². The number of carboxylic acids is 1. The first-order valence-electron chi connectivity index (χ1n) is 6.34. The Labute approximate surface area is 124 Å². The highest BCUT2D eigenvalue weighted by molar-refractivity contribution is 7.07. The Bertz CT molecular complexity index is 738. The number of carbonyl (C=O) groups is 1. The van der Waals surface area contributed by atoms with Crippen LogP contribution >= 0.6 is 11.3 Å². The molecule has 0 amide bonds. The van der Waals surface area contributed by atoms with Gasteiger partial charge in [0, 0.05) is 24.5 Å². The Hall–Kier alpha value is -2.54. The summed E-state index contributed by atoms with van der Waals surface area (Å²) in [5.74, 6) is -1.08. The third-order valence-corrected chi connectivity index (χ3v) is 3.82. The molecule has 3 aromatic heterocycles. The average Bonchev–Trinajstić information content (AvgIpc) is 3.15. The molecule has 7 heteroatoms. The van der Waals surface area contributed by atoms with E-state index >= 15 is 0 Å². The van der Waals surface area contributed by atoms with E-state index in [1.807, 2.05) is 11.4 Å². The van der Waals surface area contributed by atoms with Crippen molar-refractivity contribution in [1.82, 2.24) is 20.0 Å². The van der Waals surface area contributed by atoms with Gasteiger partial charge in [-0.15, -0.1) is 5.10 Å². The zero-order valence-electron chi connectivity index (χ0n) is 11.0. The van der Waals surface area contributed by atoms with E-state index in [9.17, 15) is 9.90 Å². The van der Waals surface area contributed by atoms with E-state index in [-0.39, 0.29) is 5.69 Å². The predicted octanol–water partition coefficient (Wildman–Crippen LogP) is 2.34. The molecule has 0 spiro atoms. The van der Waals surface area contributed by atoms with E-state index in [1.54, 1.807) is 40.5 Å². The summed E-state index contributed by atoms with van der Waals surface area (Å²) in [6, 6.07) is 5.56. The van der Waals surface area contributed by atoms with Crippen molar-refractivity contribution in [3.05, 3.63) is 52.6 Å². The zero-order valence-corrected chi connectivity index (χ0v) is 11.8. The zero-order chi connectivity index (χ0) is 14.7. The lowest BCUT2D eigenvalue weighted by atomic mass is 10.1. The maximum Gasteiger partial charge on any atom is 0.358 e. The lowest BCUT2D eigenvalue weighted by molar-refractivity contribution is 0.0691. The first-order chi connectivity index (χ1) is 10.3. The first kappa shape index (κ1) is 13.4. The number of thiophene rings is 1. The van der Waals surface area contributed by atoms with Crippen LogP contribution in [0.4, 0.5) is 0 Å². The van der Waals surface area contributed by atoms with Gasteiger partial charge in [0.1, 0.15) is 5.69 Å². The number of aromatic carboxylic acids is 1. The molecule has 0 aliphatic heterocycles. The van der Waals surface area contributed by atoms with Crippen molar-refractivity contribution < 1.29 is 9.90 Å². The monoisotopic (exact) mass is 300 g/mol. The standard InChI is InChI=1S/C14H12N4O2S/c19-14(20)12-13(11-1-5-15-6-2-11)18(17-16-12)7-3-10-4-8-21-9-10/h1-2,4-6,8-9H,3,7H2,(H,19,20). The van der Waals surface area contributed by atoms with Gasteiger partial charge < -0.3 is 5.11 Å². The topological polar surface area (TPSA) is 80.9 Å². The van der Waals surface area contributed by atoms with Crippen molar-refractivity contribution >= 4 is 17.3 Å². The molecule has 0 aliphatic rings. The van der Waals surface area contributed by atoms with E-state index in [0.29, 0.717) is 12.2 Å². The second-order valence-corrected chi connectivity index (χ2v) is 5.21. The maximum absolute atomic E-state index is 11.3. The van der Waals surface area contributed by atoms with Crippen LogP contribution in [0.15, 0.2) is 41.4 Å². The third-order valence-electron chi connectivity index (χ3n) is 3.08. The van der Waals surface area contributed by atoms with Crippen molar-refractivity contribution in [3.63, 3.8) is 0 Å². The number of carboxylic acid groups (broad SMARTS) is 1. The van der Waals surface area contributed by atoms with Crippen molar-refractivity contribution in [2.45, 2.75) is 13.0 Å². The van der Waals surface area contributed by atoms with Gasteiger partial charge in [-0.2, -0.15) is 11.3 Å². The van der Waals surface area contributed by atoms with E-state index < -0.39 is 5.97 Å². The molecule has 21 heavy (non-hydrogen) atoms. The fourth-order valence-electron chi connectivity index (χ4n) is 2.08. The molecule has 106 valence electrons. The Morgan fingerprint density at radius 3 is 2.76 bits per heavy atom. The van der Waals surface area contributed by atoms with Crippen LogP contribution < -0.4 is 0 Å². The molecule has 0 aromatic carbocycles. The number of aromatic nitrogens is 4. The molecule has 0 fully saturated rings. The first-order valence-corrected chi connectivity index (χ1v) is 7.28. The van der Waals surface area contributed by atoms with Gasteiger partial charge in [0.2, 0.25) is 0 Å². The number of rotatable bonds is 5. The van der Waals surface area contributed by atoms with Crippen LogP contribution in [0.5, 0.6) is 0 Å². The van der Waals surface area contributed by atoms with Crippen LogP contribution in [0.3, 0.4) is 0 Å². The van der Waals surface area contributed by atoms with Crippen LogP contribution in [-0.4, -0.2) is 31.1 Å². The Morgan fingerprint density at radius 2 is 2.10 bits per heavy atom. The van der Waals surface area contributed by atoms with E-state index in [0.717, 1.165) is 12.0 Å². The number of nitrogens with zero attached hydrogens (tertiary/aromatic N) is 4. The SMILES string of the molecule is O=C(O)c1nnn(CCc2ccsc2)c1-c1ccncc1. The fraction of sp³-hybridized carbons (Fsp3) is 0.143. The number of pyridine rings is 1. The summed E-state index contributed by atoms with van der Waals surface area (Å²) in [5.41, 5.74) is 2.43. The highest BCUT2D eigenvalue weighted by Gasteiger charge is 2.20. The maximum atomic E-state index is 11.3. The van der Waals surface area contributed by atoms with Gasteiger partial charge in [-0.1, -0.05) is 5.21 Å². The molecule has 0 aliphatic carbocycles. The second-order valence-electron chi connectivity index (χ2n) is 4.43. The Morgan fingerprint density at radius 1 is 1.29 bits per heavy atom. The molecule has 3 aromatic rings. The summed E-state index contributed by atoms with van der Waals surface area (Å²) in [7, 11) is 0. The van der Waals surface area contributed by atoms with E-state index in [2.05, 4.69) is 20.7 Å². The lowest BCUT2D eigenvalue weighted by Gasteiger charge is -2.06. The van der Waals surface area contributed by atoms with E-state index in [4.69, 9.17) is 0 Å². The highest BCUT2D eigenvalue weighted by Crippen LogP contribution is 2.22. The molecule has 3 heterocycles. The molecule has 0 unspecified atom stereocenters. The van der Waals surface area contributed by atoms with Crippen molar-refractivity contribution in [2.24, 2.45) is 0 Å². The van der Waals surface area contributed by atoms with Crippen molar-refractivity contribution in [3.8, 4) is 11.3 Å². The molecular weight excluding hydrogens is 288 g/mol. The van der Waals surface area contributed by atoms with Crippen LogP contribution in [0.2, 0.25) is 0 Å². The Kier molecular flexibility index (Phi) is 3.74. The number of hydrogen-bond donors (Lipinski definition) is 1. The third kappa shape index (κ3) is 2.82. The molecule has 3 rings (SSSR count). The number of hydrogen-bond acceptors (Lipinski definition) is 5. The molecule has 0 saturated carbocycles. The molecule has 1 N–H and O–H groups in total. The van der Waals surface area contributed by atoms with Crippen molar-refractivity contribution in [1.29, 1.82) is 0 Å². The van der Waals surface area contributed by atoms with E-state index in [1.165, 1.54) is 5.56 Å². The Balaban J connectivity index is 1.95. The van der Waals surface area contributed by atoms with Gasteiger partial charge in [0.05, 0.1) is 0 Å². The van der Waals surface area contributed by atoms with Gasteiger partial charge in [-0.05, 0) is 40.9 Å². The van der Waals surface area contributed by atoms with Crippen molar-refractivity contribution in [2.75, 3.05) is 0 Å². The smallest absolute Gasteiger partial charge is 0.358 e. The van der Waals surface area contributed by atoms with Crippen LogP contribution in [0.1, 0.15) is 16.1 Å². The van der Waals surface area contributed by atoms with Crippen LogP contribution in [-0.2, 0) is 13.0 Å². The largest absolute Gasteiger partial charge is 0.476 e. The summed E-state index contributed by atoms with van der Waals surface area (Å²) in [4.78, 5) is 15.3. The van der Waals surface area contributed by atoms with Gasteiger partial charge in [-0.25, -0.2) is 9.48 Å². The quantitative estimate of drug-likeness (QED) is 0.782. The molecule has 0 radical (unpaired) electrons. The highest BCUT2D eigenvalue weighted by atomic mass is 32.1. The predicted molar refractivity (Wildman–Crippen MR) is 78.2 cm³/mol. The summed E-state index contributed by atoms with van der Waals surface area (Å²) in [5, 5.41) is 21.1. The minimum atomic E-state index is -1.08. The normalized spacial score (nSPS) is 10.7. The molecule has 6 nitrogen and oxygen atoms in total. The van der Waals surface area contributed by atoms with Gasteiger partial charge >= 0.3 is 5.97 Å². The van der Waals surface area contributed by atoms with Gasteiger partial charge in [0.25, 0.3) is 0 Å². The van der Waals surface area contributed by atoms with Gasteiger partial charge in [-0.3, -0.25) is 4.98 Å². The number of aryl methyl sites for hydroxylation is 2. The molecule has 0 bridgehead atoms. The van der Waals surface area contributed by atoms with Crippen LogP contribution in [0, 0.1) is 0 Å².